The van der Waals surface area contributed by atoms with E-state index in [0.29, 0.717) is 52.7 Å². The Morgan fingerprint density at radius 3 is 2.74 bits per heavy atom. The number of nitrogens with one attached hydrogen (secondary N) is 1. The molecule has 10 nitrogen and oxygen atoms in total. The van der Waals surface area contributed by atoms with Gasteiger partial charge in [0.2, 0.25) is 5.95 Å². The van der Waals surface area contributed by atoms with Gasteiger partial charge in [-0.2, -0.15) is 0 Å². The van der Waals surface area contributed by atoms with Gasteiger partial charge >= 0.3 is 0 Å². The molecule has 0 amide bonds. The molecule has 0 atom stereocenters. The third-order valence-corrected chi connectivity index (χ3v) is 7.09. The number of ether oxygens (including phenoxy) is 1. The van der Waals surface area contributed by atoms with Gasteiger partial charge in [-0.1, -0.05) is 0 Å². The lowest BCUT2D eigenvalue weighted by Crippen LogP contribution is -2.52. The summed E-state index contributed by atoms with van der Waals surface area (Å²) in [6.45, 7) is 3.48. The molecule has 0 aliphatic heterocycles. The highest BCUT2D eigenvalue weighted by Crippen LogP contribution is 2.37. The maximum atomic E-state index is 15.5. The number of hydrogen-bond donors (Lipinski definition) is 2. The zero-order valence-electron chi connectivity index (χ0n) is 21.5. The third-order valence-electron chi connectivity index (χ3n) is 7.09. The minimum Gasteiger partial charge on any atom is -0.457 e. The number of aryl methyl sites for hydroxylation is 1. The number of aliphatic hydroxyl groups is 1. The summed E-state index contributed by atoms with van der Waals surface area (Å²) in [5.41, 5.74) is 2.70. The van der Waals surface area contributed by atoms with E-state index in [1.165, 1.54) is 6.33 Å². The number of benzene rings is 2. The molecule has 6 rings (SSSR count). The van der Waals surface area contributed by atoms with Crippen molar-refractivity contribution in [2.45, 2.75) is 38.3 Å². The topological polar surface area (TPSA) is 114 Å². The average molecular weight is 515 g/mol. The van der Waals surface area contributed by atoms with Crippen molar-refractivity contribution in [1.82, 2.24) is 29.5 Å². The molecule has 1 fully saturated rings. The molecular weight excluding hydrogens is 487 g/mol. The molecule has 3 heterocycles. The molecule has 1 aliphatic carbocycles. The summed E-state index contributed by atoms with van der Waals surface area (Å²) in [6, 6.07) is 9.03. The van der Waals surface area contributed by atoms with E-state index in [0.717, 1.165) is 11.0 Å². The summed E-state index contributed by atoms with van der Waals surface area (Å²) < 4.78 is 23.4. The molecule has 38 heavy (non-hydrogen) atoms. The second-order valence-electron chi connectivity index (χ2n) is 10.1. The summed E-state index contributed by atoms with van der Waals surface area (Å²) in [7, 11) is 3.82. The van der Waals surface area contributed by atoms with Crippen molar-refractivity contribution < 1.29 is 14.2 Å². The summed E-state index contributed by atoms with van der Waals surface area (Å²) in [6.07, 6.45) is 6.01. The number of anilines is 3. The van der Waals surface area contributed by atoms with E-state index in [9.17, 15) is 5.11 Å². The van der Waals surface area contributed by atoms with E-state index < -0.39 is 11.4 Å². The fourth-order valence-corrected chi connectivity index (χ4v) is 4.81. The van der Waals surface area contributed by atoms with Crippen LogP contribution in [0.3, 0.4) is 0 Å². The van der Waals surface area contributed by atoms with Crippen LogP contribution in [0.1, 0.15) is 25.3 Å². The van der Waals surface area contributed by atoms with Crippen LogP contribution in [0.25, 0.3) is 22.1 Å². The molecule has 0 saturated heterocycles. The van der Waals surface area contributed by atoms with Gasteiger partial charge in [0.05, 0.1) is 34.8 Å². The third kappa shape index (κ3) is 4.24. The van der Waals surface area contributed by atoms with E-state index in [2.05, 4.69) is 30.2 Å². The number of imidazole rings is 1. The molecule has 2 aromatic carbocycles. The highest BCUT2D eigenvalue weighted by molar-refractivity contribution is 5.87. The number of aromatic nitrogens is 6. The maximum Gasteiger partial charge on any atom is 0.226 e. The summed E-state index contributed by atoms with van der Waals surface area (Å²) in [5.74, 6) is 1.36. The number of nitrogens with zero attached hydrogens (tertiary/aromatic N) is 7. The van der Waals surface area contributed by atoms with Gasteiger partial charge in [-0.3, -0.25) is 0 Å². The monoisotopic (exact) mass is 514 g/mol. The van der Waals surface area contributed by atoms with Gasteiger partial charge in [-0.25, -0.2) is 29.3 Å². The van der Waals surface area contributed by atoms with Crippen LogP contribution >= 0.6 is 0 Å². The molecule has 0 radical (unpaired) electrons. The number of rotatable bonds is 6. The van der Waals surface area contributed by atoms with Crippen molar-refractivity contribution in [3.63, 3.8) is 0 Å². The molecule has 11 heteroatoms. The molecule has 5 aromatic rings. The van der Waals surface area contributed by atoms with E-state index >= 15 is 4.39 Å². The normalized spacial score (nSPS) is 18.9. The van der Waals surface area contributed by atoms with Crippen LogP contribution in [0.5, 0.6) is 11.5 Å². The van der Waals surface area contributed by atoms with Crippen LogP contribution in [0.2, 0.25) is 0 Å². The van der Waals surface area contributed by atoms with Crippen LogP contribution in [-0.2, 0) is 7.05 Å². The van der Waals surface area contributed by atoms with Crippen LogP contribution in [-0.4, -0.2) is 53.3 Å². The van der Waals surface area contributed by atoms with Crippen LogP contribution < -0.4 is 15.0 Å². The minimum absolute atomic E-state index is 0.134. The minimum atomic E-state index is -0.665. The van der Waals surface area contributed by atoms with Crippen LogP contribution in [0.15, 0.2) is 49.2 Å². The van der Waals surface area contributed by atoms with Gasteiger partial charge in [0.15, 0.2) is 11.6 Å². The van der Waals surface area contributed by atoms with E-state index in [1.807, 2.05) is 48.7 Å². The molecule has 1 saturated carbocycles. The highest BCUT2D eigenvalue weighted by Gasteiger charge is 2.41. The van der Waals surface area contributed by atoms with Gasteiger partial charge in [-0.15, -0.1) is 0 Å². The molecule has 194 valence electrons. The zero-order valence-corrected chi connectivity index (χ0v) is 21.5. The smallest absolute Gasteiger partial charge is 0.226 e. The van der Waals surface area contributed by atoms with Gasteiger partial charge in [0.1, 0.15) is 28.9 Å². The van der Waals surface area contributed by atoms with Crippen molar-refractivity contribution in [2.24, 2.45) is 7.05 Å². The Labute approximate surface area is 218 Å². The van der Waals surface area contributed by atoms with Gasteiger partial charge in [0.25, 0.3) is 0 Å². The van der Waals surface area contributed by atoms with Gasteiger partial charge in [0, 0.05) is 31.8 Å². The van der Waals surface area contributed by atoms with Crippen molar-refractivity contribution in [3.8, 4) is 11.5 Å². The standard InChI is InChI=1S/C27H27FN8O2/c1-15-22(38-17-5-7-21-19(9-17)32-14-35(21)3)8-6-18(23(15)28)33-25-24-20(30-13-31-25)12-29-26(34-24)36(4)16-10-27(2,37)11-16/h5-9,12-14,16,37H,10-11H2,1-4H3,(H,30,31,33). The van der Waals surface area contributed by atoms with Crippen molar-refractivity contribution in [1.29, 1.82) is 0 Å². The lowest BCUT2D eigenvalue weighted by molar-refractivity contribution is -0.0301. The average Bonchev–Trinajstić information content (AvgIpc) is 3.26. The second kappa shape index (κ2) is 8.88. The Kier molecular flexibility index (Phi) is 5.60. The fourth-order valence-electron chi connectivity index (χ4n) is 4.81. The Morgan fingerprint density at radius 2 is 1.95 bits per heavy atom. The summed E-state index contributed by atoms with van der Waals surface area (Å²) in [4.78, 5) is 24.0. The Balaban J connectivity index is 1.26. The molecule has 0 spiro atoms. The Morgan fingerprint density at radius 1 is 1.13 bits per heavy atom. The van der Waals surface area contributed by atoms with Crippen molar-refractivity contribution in [2.75, 3.05) is 17.3 Å². The van der Waals surface area contributed by atoms with E-state index in [1.54, 1.807) is 31.6 Å². The first-order chi connectivity index (χ1) is 18.2. The first-order valence-electron chi connectivity index (χ1n) is 12.3. The van der Waals surface area contributed by atoms with E-state index in [4.69, 9.17) is 4.74 Å². The van der Waals surface area contributed by atoms with Crippen molar-refractivity contribution >= 4 is 39.5 Å². The molecular formula is C27H27FN8O2. The molecule has 0 bridgehead atoms. The van der Waals surface area contributed by atoms with Gasteiger partial charge < -0.3 is 24.6 Å². The maximum absolute atomic E-state index is 15.5. The predicted octanol–water partition coefficient (Wildman–Crippen LogP) is 4.64. The molecule has 0 unspecified atom stereocenters. The second-order valence-corrected chi connectivity index (χ2v) is 10.1. The largest absolute Gasteiger partial charge is 0.457 e. The molecule has 3 aromatic heterocycles. The summed E-state index contributed by atoms with van der Waals surface area (Å²) >= 11 is 0. The zero-order chi connectivity index (χ0) is 26.6. The number of hydrogen-bond acceptors (Lipinski definition) is 9. The van der Waals surface area contributed by atoms with Crippen LogP contribution in [0, 0.1) is 12.7 Å². The molecule has 2 N–H and O–H groups in total. The fraction of sp³-hybridized carbons (Fsp3) is 0.296. The number of halogens is 1. The van der Waals surface area contributed by atoms with E-state index in [-0.39, 0.29) is 11.7 Å². The lowest BCUT2D eigenvalue weighted by Gasteiger charge is -2.45. The SMILES string of the molecule is Cc1c(Oc2ccc3c(c2)ncn3C)ccc(Nc2ncnc3cnc(N(C)C4CC(C)(O)C4)nc23)c1F. The van der Waals surface area contributed by atoms with Crippen LogP contribution in [0.4, 0.5) is 21.8 Å². The predicted molar refractivity (Wildman–Crippen MR) is 142 cm³/mol. The Bertz CT molecular complexity index is 1680. The summed E-state index contributed by atoms with van der Waals surface area (Å²) in [5, 5.41) is 13.2. The molecule has 1 aliphatic rings. The van der Waals surface area contributed by atoms with Gasteiger partial charge in [-0.05, 0) is 51.0 Å². The van der Waals surface area contributed by atoms with Crippen molar-refractivity contribution in [3.05, 3.63) is 60.6 Å². The quantitative estimate of drug-likeness (QED) is 0.334. The Hall–Kier alpha value is -4.38. The first-order valence-corrected chi connectivity index (χ1v) is 12.3. The highest BCUT2D eigenvalue weighted by atomic mass is 19.1. The lowest BCUT2D eigenvalue weighted by atomic mass is 9.76. The number of fused-ring (bicyclic) bond motifs is 2. The first kappa shape index (κ1) is 24.0.